The van der Waals surface area contributed by atoms with E-state index in [4.69, 9.17) is 9.47 Å². The summed E-state index contributed by atoms with van der Waals surface area (Å²) < 4.78 is 10.4. The van der Waals surface area contributed by atoms with Crippen molar-refractivity contribution in [3.05, 3.63) is 59.7 Å². The van der Waals surface area contributed by atoms with E-state index in [9.17, 15) is 9.59 Å². The van der Waals surface area contributed by atoms with Crippen molar-refractivity contribution in [1.29, 1.82) is 0 Å². The molecule has 0 fully saturated rings. The Bertz CT molecular complexity index is 749. The zero-order valence-electron chi connectivity index (χ0n) is 18.9. The Hall–Kier alpha value is -3.02. The minimum atomic E-state index is -0.432. The Morgan fingerprint density at radius 2 is 1.06 bits per heavy atom. The Balaban J connectivity index is 1.81. The van der Waals surface area contributed by atoms with E-state index < -0.39 is 12.2 Å². The maximum atomic E-state index is 11.8. The highest BCUT2D eigenvalue weighted by Gasteiger charge is 2.08. The third-order valence-corrected chi connectivity index (χ3v) is 5.20. The van der Waals surface area contributed by atoms with Crippen LogP contribution >= 0.6 is 0 Å². The Kier molecular flexibility index (Phi) is 9.88. The van der Waals surface area contributed by atoms with Gasteiger partial charge in [0.25, 0.3) is 0 Å². The molecule has 0 bridgehead atoms. The van der Waals surface area contributed by atoms with Crippen LogP contribution in [-0.4, -0.2) is 25.4 Å². The average Bonchev–Trinajstić information content (AvgIpc) is 2.78. The van der Waals surface area contributed by atoms with Crippen LogP contribution in [0.2, 0.25) is 0 Å². The molecule has 2 N–H and O–H groups in total. The van der Waals surface area contributed by atoms with E-state index in [-0.39, 0.29) is 0 Å². The molecule has 0 aliphatic heterocycles. The van der Waals surface area contributed by atoms with E-state index in [1.54, 1.807) is 0 Å². The zero-order chi connectivity index (χ0) is 22.6. The summed E-state index contributed by atoms with van der Waals surface area (Å²) in [6.07, 6.45) is 1.83. The van der Waals surface area contributed by atoms with Crippen LogP contribution in [0.4, 0.5) is 21.0 Å². The van der Waals surface area contributed by atoms with Crippen LogP contribution in [-0.2, 0) is 15.9 Å². The lowest BCUT2D eigenvalue weighted by Crippen LogP contribution is -2.17. The average molecular weight is 427 g/mol. The molecule has 0 saturated carbocycles. The molecular weight excluding hydrogens is 392 g/mol. The van der Waals surface area contributed by atoms with Crippen molar-refractivity contribution in [3.63, 3.8) is 0 Å². The normalized spacial score (nSPS) is 12.5. The SMILES string of the molecule is CC[C@@H](C)COC(=O)Nc1ccc(Cc2ccc(NC(=O)OC[C@H](C)CC)cc2)cc1. The number of rotatable bonds is 10. The van der Waals surface area contributed by atoms with Crippen LogP contribution in [0.25, 0.3) is 0 Å². The van der Waals surface area contributed by atoms with Gasteiger partial charge in [-0.25, -0.2) is 9.59 Å². The summed E-state index contributed by atoms with van der Waals surface area (Å²) in [5.41, 5.74) is 3.64. The van der Waals surface area contributed by atoms with Crippen molar-refractivity contribution in [2.24, 2.45) is 11.8 Å². The van der Waals surface area contributed by atoms with Gasteiger partial charge in [0.2, 0.25) is 0 Å². The second-order valence-corrected chi connectivity index (χ2v) is 8.04. The van der Waals surface area contributed by atoms with Gasteiger partial charge in [-0.15, -0.1) is 0 Å². The molecule has 168 valence electrons. The fraction of sp³-hybridized carbons (Fsp3) is 0.440. The molecule has 6 heteroatoms. The largest absolute Gasteiger partial charge is 0.449 e. The van der Waals surface area contributed by atoms with E-state index in [1.165, 1.54) is 0 Å². The zero-order valence-corrected chi connectivity index (χ0v) is 18.9. The summed E-state index contributed by atoms with van der Waals surface area (Å²) in [6, 6.07) is 15.4. The van der Waals surface area contributed by atoms with Crippen LogP contribution in [0.3, 0.4) is 0 Å². The molecule has 2 aromatic rings. The third-order valence-electron chi connectivity index (χ3n) is 5.20. The second-order valence-electron chi connectivity index (χ2n) is 8.04. The summed E-state index contributed by atoms with van der Waals surface area (Å²) in [7, 11) is 0. The quantitative estimate of drug-likeness (QED) is 0.457. The number of anilines is 2. The summed E-state index contributed by atoms with van der Waals surface area (Å²) >= 11 is 0. The first kappa shape index (κ1) is 24.3. The van der Waals surface area contributed by atoms with Crippen molar-refractivity contribution in [3.8, 4) is 0 Å². The van der Waals surface area contributed by atoms with Crippen LogP contribution in [0.1, 0.15) is 51.7 Å². The van der Waals surface area contributed by atoms with Gasteiger partial charge in [0, 0.05) is 11.4 Å². The van der Waals surface area contributed by atoms with Gasteiger partial charge >= 0.3 is 12.2 Å². The first-order valence-electron chi connectivity index (χ1n) is 10.9. The molecule has 0 heterocycles. The predicted molar refractivity (Wildman–Crippen MR) is 125 cm³/mol. The lowest BCUT2D eigenvalue weighted by molar-refractivity contribution is 0.142. The predicted octanol–water partition coefficient (Wildman–Crippen LogP) is 6.47. The summed E-state index contributed by atoms with van der Waals surface area (Å²) in [5.74, 6) is 0.704. The smallest absolute Gasteiger partial charge is 0.411 e. The number of benzene rings is 2. The number of hydrogen-bond donors (Lipinski definition) is 2. The summed E-state index contributed by atoms with van der Waals surface area (Å²) in [4.78, 5) is 23.7. The maximum absolute atomic E-state index is 11.8. The first-order valence-corrected chi connectivity index (χ1v) is 10.9. The molecule has 0 radical (unpaired) electrons. The van der Waals surface area contributed by atoms with Crippen molar-refractivity contribution in [2.45, 2.75) is 47.0 Å². The lowest BCUT2D eigenvalue weighted by atomic mass is 10.0. The van der Waals surface area contributed by atoms with Gasteiger partial charge in [-0.1, -0.05) is 64.8 Å². The van der Waals surface area contributed by atoms with Gasteiger partial charge in [0.1, 0.15) is 0 Å². The molecule has 31 heavy (non-hydrogen) atoms. The molecule has 2 aromatic carbocycles. The number of carbonyl (C=O) groups excluding carboxylic acids is 2. The number of nitrogens with one attached hydrogen (secondary N) is 2. The number of amides is 2. The van der Waals surface area contributed by atoms with Crippen LogP contribution in [0.15, 0.2) is 48.5 Å². The number of carbonyl (C=O) groups is 2. The molecule has 2 amide bonds. The Labute approximate surface area is 185 Å². The van der Waals surface area contributed by atoms with Gasteiger partial charge < -0.3 is 9.47 Å². The minimum Gasteiger partial charge on any atom is -0.449 e. The maximum Gasteiger partial charge on any atom is 0.411 e. The molecule has 0 spiro atoms. The molecule has 0 unspecified atom stereocenters. The third kappa shape index (κ3) is 9.11. The Morgan fingerprint density at radius 1 is 0.710 bits per heavy atom. The van der Waals surface area contributed by atoms with Gasteiger partial charge in [0.05, 0.1) is 13.2 Å². The molecule has 2 rings (SSSR count). The molecule has 0 aliphatic carbocycles. The highest BCUT2D eigenvalue weighted by Crippen LogP contribution is 2.16. The topological polar surface area (TPSA) is 76.7 Å². The second kappa shape index (κ2) is 12.6. The van der Waals surface area contributed by atoms with E-state index in [0.717, 1.165) is 30.4 Å². The van der Waals surface area contributed by atoms with Crippen LogP contribution < -0.4 is 10.6 Å². The van der Waals surface area contributed by atoms with Gasteiger partial charge in [-0.05, 0) is 53.6 Å². The highest BCUT2D eigenvalue weighted by molar-refractivity contribution is 5.85. The summed E-state index contributed by atoms with van der Waals surface area (Å²) in [5, 5.41) is 5.49. The van der Waals surface area contributed by atoms with Crippen molar-refractivity contribution in [2.75, 3.05) is 23.8 Å². The minimum absolute atomic E-state index is 0.352. The van der Waals surface area contributed by atoms with Crippen molar-refractivity contribution in [1.82, 2.24) is 0 Å². The van der Waals surface area contributed by atoms with E-state index in [2.05, 4.69) is 24.5 Å². The monoisotopic (exact) mass is 426 g/mol. The van der Waals surface area contributed by atoms with Crippen LogP contribution in [0, 0.1) is 11.8 Å². The van der Waals surface area contributed by atoms with E-state index in [0.29, 0.717) is 36.4 Å². The van der Waals surface area contributed by atoms with Crippen molar-refractivity contribution >= 4 is 23.6 Å². The van der Waals surface area contributed by atoms with Crippen LogP contribution in [0.5, 0.6) is 0 Å². The summed E-state index contributed by atoms with van der Waals surface area (Å²) in [6.45, 7) is 9.06. The van der Waals surface area contributed by atoms with Gasteiger partial charge in [-0.3, -0.25) is 10.6 Å². The van der Waals surface area contributed by atoms with Gasteiger partial charge in [-0.2, -0.15) is 0 Å². The molecular formula is C25H34N2O4. The number of ether oxygens (including phenoxy) is 2. The standard InChI is InChI=1S/C25H34N2O4/c1-5-18(3)16-30-24(28)26-22-11-7-20(8-12-22)15-21-9-13-23(14-10-21)27-25(29)31-17-19(4)6-2/h7-14,18-19H,5-6,15-17H2,1-4H3,(H,26,28)(H,27,29)/t18-,19-/m1/s1. The van der Waals surface area contributed by atoms with E-state index >= 15 is 0 Å². The molecule has 0 aromatic heterocycles. The molecule has 0 saturated heterocycles. The fourth-order valence-corrected chi connectivity index (χ4v) is 2.63. The van der Waals surface area contributed by atoms with Crippen molar-refractivity contribution < 1.29 is 19.1 Å². The van der Waals surface area contributed by atoms with Gasteiger partial charge in [0.15, 0.2) is 0 Å². The highest BCUT2D eigenvalue weighted by atomic mass is 16.6. The van der Waals surface area contributed by atoms with E-state index in [1.807, 2.05) is 62.4 Å². The number of hydrogen-bond acceptors (Lipinski definition) is 4. The lowest BCUT2D eigenvalue weighted by Gasteiger charge is -2.11. The molecule has 2 atom stereocenters. The fourth-order valence-electron chi connectivity index (χ4n) is 2.63. The molecule has 6 nitrogen and oxygen atoms in total. The first-order chi connectivity index (χ1) is 14.9. The Morgan fingerprint density at radius 3 is 1.39 bits per heavy atom. The molecule has 0 aliphatic rings.